The first kappa shape index (κ1) is 19.2. The summed E-state index contributed by atoms with van der Waals surface area (Å²) >= 11 is 0. The Kier molecular flexibility index (Phi) is 6.37. The number of hydrogen-bond donors (Lipinski definition) is 0. The summed E-state index contributed by atoms with van der Waals surface area (Å²) in [5, 5.41) is 0. The molecule has 0 aliphatic heterocycles. The van der Waals surface area contributed by atoms with Crippen LogP contribution < -0.4 is 0 Å². The molecule has 4 nitrogen and oxygen atoms in total. The van der Waals surface area contributed by atoms with Crippen molar-refractivity contribution in [3.63, 3.8) is 0 Å². The summed E-state index contributed by atoms with van der Waals surface area (Å²) in [6, 6.07) is 14.5. The number of carbonyl (C=O) groups excluding carboxylic acids is 1. The molecule has 134 valence electrons. The molecule has 2 aromatic rings. The molecule has 0 bridgehead atoms. The van der Waals surface area contributed by atoms with Crippen LogP contribution in [-0.2, 0) is 26.0 Å². The molecule has 0 saturated carbocycles. The molecule has 0 radical (unpaired) electrons. The number of hydrogen-bond acceptors (Lipinski definition) is 4. The molecule has 0 aliphatic rings. The van der Waals surface area contributed by atoms with E-state index in [-0.39, 0.29) is 23.7 Å². The van der Waals surface area contributed by atoms with E-state index in [9.17, 15) is 13.2 Å². The van der Waals surface area contributed by atoms with Crippen molar-refractivity contribution in [3.8, 4) is 0 Å². The molecule has 0 aliphatic carbocycles. The summed E-state index contributed by atoms with van der Waals surface area (Å²) in [6.45, 7) is 6.27. The summed E-state index contributed by atoms with van der Waals surface area (Å²) < 4.78 is 29.6. The molecule has 0 saturated heterocycles. The van der Waals surface area contributed by atoms with Gasteiger partial charge in [0, 0.05) is 0 Å². The first-order chi connectivity index (χ1) is 11.8. The smallest absolute Gasteiger partial charge is 0.307 e. The van der Waals surface area contributed by atoms with Crippen LogP contribution in [0, 0.1) is 6.92 Å². The molecule has 0 aromatic heterocycles. The fourth-order valence-electron chi connectivity index (χ4n) is 2.32. The monoisotopic (exact) mass is 360 g/mol. The lowest BCUT2D eigenvalue weighted by Crippen LogP contribution is -2.13. The van der Waals surface area contributed by atoms with Crippen LogP contribution in [0.3, 0.4) is 0 Å². The Labute approximate surface area is 149 Å². The molecular weight excluding hydrogens is 336 g/mol. The Morgan fingerprint density at radius 3 is 2.16 bits per heavy atom. The van der Waals surface area contributed by atoms with Crippen molar-refractivity contribution in [3.05, 3.63) is 65.2 Å². The van der Waals surface area contributed by atoms with Gasteiger partial charge in [-0.05, 0) is 36.1 Å². The predicted molar refractivity (Wildman–Crippen MR) is 98.2 cm³/mol. The van der Waals surface area contributed by atoms with E-state index < -0.39 is 15.8 Å². The first-order valence-electron chi connectivity index (χ1n) is 8.32. The van der Waals surface area contributed by atoms with Gasteiger partial charge < -0.3 is 4.74 Å². The second kappa shape index (κ2) is 8.30. The SMILES string of the molecule is Cc1ccc(S(=O)(=O)CCC(=O)OCc2ccc(C(C)C)cc2)cc1. The van der Waals surface area contributed by atoms with Gasteiger partial charge in [-0.2, -0.15) is 0 Å². The maximum atomic E-state index is 12.2. The number of aryl methyl sites for hydroxylation is 1. The van der Waals surface area contributed by atoms with Gasteiger partial charge in [0.15, 0.2) is 9.84 Å². The highest BCUT2D eigenvalue weighted by molar-refractivity contribution is 7.91. The van der Waals surface area contributed by atoms with Gasteiger partial charge in [-0.1, -0.05) is 55.8 Å². The van der Waals surface area contributed by atoms with Gasteiger partial charge in [-0.25, -0.2) is 8.42 Å². The van der Waals surface area contributed by atoms with E-state index in [1.165, 1.54) is 5.56 Å². The lowest BCUT2D eigenvalue weighted by Gasteiger charge is -2.08. The number of ether oxygens (including phenoxy) is 1. The number of carbonyl (C=O) groups is 1. The van der Waals surface area contributed by atoms with Gasteiger partial charge >= 0.3 is 5.97 Å². The van der Waals surface area contributed by atoms with E-state index in [0.717, 1.165) is 11.1 Å². The van der Waals surface area contributed by atoms with Gasteiger partial charge in [0.2, 0.25) is 0 Å². The topological polar surface area (TPSA) is 60.4 Å². The third kappa shape index (κ3) is 5.71. The molecule has 0 heterocycles. The minimum atomic E-state index is -3.47. The van der Waals surface area contributed by atoms with Gasteiger partial charge in [-0.15, -0.1) is 0 Å². The Hall–Kier alpha value is -2.14. The van der Waals surface area contributed by atoms with Crippen LogP contribution >= 0.6 is 0 Å². The zero-order valence-electron chi connectivity index (χ0n) is 14.9. The quantitative estimate of drug-likeness (QED) is 0.700. The highest BCUT2D eigenvalue weighted by Gasteiger charge is 2.17. The molecule has 0 unspecified atom stereocenters. The lowest BCUT2D eigenvalue weighted by atomic mass is 10.0. The second-order valence-electron chi connectivity index (χ2n) is 6.44. The van der Waals surface area contributed by atoms with Crippen LogP contribution in [0.25, 0.3) is 0 Å². The van der Waals surface area contributed by atoms with Gasteiger partial charge in [0.1, 0.15) is 6.61 Å². The minimum absolute atomic E-state index is 0.152. The van der Waals surface area contributed by atoms with E-state index in [0.29, 0.717) is 5.92 Å². The molecule has 0 fully saturated rings. The largest absolute Gasteiger partial charge is 0.461 e. The van der Waals surface area contributed by atoms with E-state index in [1.807, 2.05) is 31.2 Å². The molecule has 0 amide bonds. The van der Waals surface area contributed by atoms with Gasteiger partial charge in [0.25, 0.3) is 0 Å². The van der Waals surface area contributed by atoms with E-state index in [2.05, 4.69) is 13.8 Å². The van der Waals surface area contributed by atoms with Crippen molar-refractivity contribution >= 4 is 15.8 Å². The second-order valence-corrected chi connectivity index (χ2v) is 8.55. The predicted octanol–water partition coefficient (Wildman–Crippen LogP) is 4.03. The fraction of sp³-hybridized carbons (Fsp3) is 0.350. The zero-order chi connectivity index (χ0) is 18.4. The van der Waals surface area contributed by atoms with Crippen molar-refractivity contribution in [1.82, 2.24) is 0 Å². The normalized spacial score (nSPS) is 11.5. The van der Waals surface area contributed by atoms with E-state index >= 15 is 0 Å². The number of esters is 1. The molecule has 0 N–H and O–H groups in total. The maximum absolute atomic E-state index is 12.2. The van der Waals surface area contributed by atoms with Crippen molar-refractivity contribution in [2.24, 2.45) is 0 Å². The molecule has 5 heteroatoms. The summed E-state index contributed by atoms with van der Waals surface area (Å²) in [5.74, 6) is -0.312. The van der Waals surface area contributed by atoms with E-state index in [1.54, 1.807) is 24.3 Å². The van der Waals surface area contributed by atoms with Crippen LogP contribution in [0.5, 0.6) is 0 Å². The fourth-order valence-corrected chi connectivity index (χ4v) is 3.54. The Morgan fingerprint density at radius 2 is 1.60 bits per heavy atom. The van der Waals surface area contributed by atoms with Crippen molar-refractivity contribution < 1.29 is 17.9 Å². The third-order valence-electron chi connectivity index (χ3n) is 4.00. The Bertz CT molecular complexity index is 804. The summed E-state index contributed by atoms with van der Waals surface area (Å²) in [6.07, 6.45) is -0.152. The summed E-state index contributed by atoms with van der Waals surface area (Å²) in [7, 11) is -3.47. The van der Waals surface area contributed by atoms with Crippen molar-refractivity contribution in [2.75, 3.05) is 5.75 Å². The highest BCUT2D eigenvalue weighted by atomic mass is 32.2. The van der Waals surface area contributed by atoms with Crippen molar-refractivity contribution in [2.45, 2.75) is 44.6 Å². The van der Waals surface area contributed by atoms with Crippen LogP contribution in [0.1, 0.15) is 42.9 Å². The first-order valence-corrected chi connectivity index (χ1v) is 9.97. The summed E-state index contributed by atoms with van der Waals surface area (Å²) in [5.41, 5.74) is 3.10. The molecule has 2 aromatic carbocycles. The molecule has 25 heavy (non-hydrogen) atoms. The number of benzene rings is 2. The van der Waals surface area contributed by atoms with Gasteiger partial charge in [0.05, 0.1) is 17.1 Å². The van der Waals surface area contributed by atoms with Gasteiger partial charge in [-0.3, -0.25) is 4.79 Å². The number of sulfone groups is 1. The standard InChI is InChI=1S/C20H24O4S/c1-15(2)18-8-6-17(7-9-18)14-24-20(21)12-13-25(22,23)19-10-4-16(3)5-11-19/h4-11,15H,12-14H2,1-3H3. The zero-order valence-corrected chi connectivity index (χ0v) is 15.7. The average Bonchev–Trinajstić information content (AvgIpc) is 2.59. The highest BCUT2D eigenvalue weighted by Crippen LogP contribution is 2.16. The number of rotatable bonds is 7. The van der Waals surface area contributed by atoms with Crippen LogP contribution in [-0.4, -0.2) is 20.1 Å². The Balaban J connectivity index is 1.85. The minimum Gasteiger partial charge on any atom is -0.461 e. The van der Waals surface area contributed by atoms with Crippen LogP contribution in [0.2, 0.25) is 0 Å². The molecule has 0 atom stereocenters. The summed E-state index contributed by atoms with van der Waals surface area (Å²) in [4.78, 5) is 12.1. The van der Waals surface area contributed by atoms with Crippen LogP contribution in [0.4, 0.5) is 0 Å². The van der Waals surface area contributed by atoms with Crippen LogP contribution in [0.15, 0.2) is 53.4 Å². The maximum Gasteiger partial charge on any atom is 0.307 e. The van der Waals surface area contributed by atoms with E-state index in [4.69, 9.17) is 4.74 Å². The Morgan fingerprint density at radius 1 is 1.00 bits per heavy atom. The molecule has 2 rings (SSSR count). The molecular formula is C20H24O4S. The van der Waals surface area contributed by atoms with Crippen molar-refractivity contribution in [1.29, 1.82) is 0 Å². The third-order valence-corrected chi connectivity index (χ3v) is 5.73. The lowest BCUT2D eigenvalue weighted by molar-refractivity contribution is -0.144. The molecule has 0 spiro atoms. The average molecular weight is 360 g/mol.